The first-order chi connectivity index (χ1) is 11.7. The summed E-state index contributed by atoms with van der Waals surface area (Å²) in [5.74, 6) is -1.83. The summed E-state index contributed by atoms with van der Waals surface area (Å²) in [5, 5.41) is 8.86. The Morgan fingerprint density at radius 1 is 1.16 bits per heavy atom. The van der Waals surface area contributed by atoms with Crippen LogP contribution in [0.2, 0.25) is 10.0 Å². The molecule has 0 aliphatic carbocycles. The summed E-state index contributed by atoms with van der Waals surface area (Å²) in [4.78, 5) is 10.4. The number of rotatable bonds is 7. The fourth-order valence-corrected chi connectivity index (χ4v) is 4.44. The van der Waals surface area contributed by atoms with Crippen molar-refractivity contribution in [3.63, 3.8) is 0 Å². The van der Waals surface area contributed by atoms with Crippen molar-refractivity contribution in [2.45, 2.75) is 17.7 Å². The van der Waals surface area contributed by atoms with Gasteiger partial charge in [0.2, 0.25) is 0 Å². The minimum atomic E-state index is -4.24. The van der Waals surface area contributed by atoms with Gasteiger partial charge in [-0.3, -0.25) is 9.10 Å². The SMILES string of the molecule is O=C(O)CCCN(c1ccccc1F)S(=O)(=O)c1cc(Cl)ccc1Cl. The van der Waals surface area contributed by atoms with Crippen LogP contribution in [0.4, 0.5) is 10.1 Å². The molecule has 0 aromatic heterocycles. The number of carboxylic acids is 1. The molecule has 2 aromatic carbocycles. The molecule has 2 aromatic rings. The molecule has 0 unspecified atom stereocenters. The molecular formula is C16H14Cl2FNO4S. The summed E-state index contributed by atoms with van der Waals surface area (Å²) in [6, 6.07) is 9.25. The number of carboxylic acid groups (broad SMARTS) is 1. The molecule has 0 bridgehead atoms. The van der Waals surface area contributed by atoms with Crippen molar-refractivity contribution in [2.75, 3.05) is 10.8 Å². The van der Waals surface area contributed by atoms with Crippen molar-refractivity contribution >= 4 is 44.9 Å². The maximum atomic E-state index is 14.2. The number of halogens is 3. The van der Waals surface area contributed by atoms with Gasteiger partial charge in [0.25, 0.3) is 10.0 Å². The van der Waals surface area contributed by atoms with Crippen LogP contribution in [0.1, 0.15) is 12.8 Å². The third-order valence-electron chi connectivity index (χ3n) is 3.33. The Morgan fingerprint density at radius 3 is 2.48 bits per heavy atom. The molecule has 134 valence electrons. The van der Waals surface area contributed by atoms with Gasteiger partial charge in [-0.2, -0.15) is 0 Å². The molecule has 0 saturated carbocycles. The molecule has 0 saturated heterocycles. The zero-order valence-electron chi connectivity index (χ0n) is 12.8. The molecule has 0 amide bonds. The Morgan fingerprint density at radius 2 is 1.84 bits per heavy atom. The van der Waals surface area contributed by atoms with Crippen molar-refractivity contribution in [1.29, 1.82) is 0 Å². The van der Waals surface area contributed by atoms with Crippen LogP contribution in [0.3, 0.4) is 0 Å². The highest BCUT2D eigenvalue weighted by Gasteiger charge is 2.29. The van der Waals surface area contributed by atoms with E-state index in [0.29, 0.717) is 0 Å². The molecule has 25 heavy (non-hydrogen) atoms. The molecule has 0 fully saturated rings. The van der Waals surface area contributed by atoms with Crippen molar-refractivity contribution in [2.24, 2.45) is 0 Å². The Kier molecular flexibility index (Phi) is 6.26. The number of anilines is 1. The number of sulfonamides is 1. The Hall–Kier alpha value is -1.83. The molecule has 9 heteroatoms. The minimum absolute atomic E-state index is 0.00107. The smallest absolute Gasteiger partial charge is 0.303 e. The first-order valence-electron chi connectivity index (χ1n) is 7.17. The van der Waals surface area contributed by atoms with Crippen LogP contribution in [-0.4, -0.2) is 26.0 Å². The molecule has 5 nitrogen and oxygen atoms in total. The van der Waals surface area contributed by atoms with Gasteiger partial charge in [0.15, 0.2) is 0 Å². The molecule has 0 atom stereocenters. The van der Waals surface area contributed by atoms with Gasteiger partial charge in [0.05, 0.1) is 10.7 Å². The highest BCUT2D eigenvalue weighted by atomic mass is 35.5. The van der Waals surface area contributed by atoms with Gasteiger partial charge >= 0.3 is 5.97 Å². The molecule has 1 N–H and O–H groups in total. The van der Waals surface area contributed by atoms with E-state index >= 15 is 0 Å². The molecule has 0 aliphatic heterocycles. The second-order valence-corrected chi connectivity index (χ2v) is 7.77. The number of nitrogens with zero attached hydrogens (tertiary/aromatic N) is 1. The van der Waals surface area contributed by atoms with Gasteiger partial charge in [0.1, 0.15) is 10.7 Å². The largest absolute Gasteiger partial charge is 0.481 e. The number of hydrogen-bond donors (Lipinski definition) is 1. The quantitative estimate of drug-likeness (QED) is 0.748. The van der Waals surface area contributed by atoms with Gasteiger partial charge in [-0.1, -0.05) is 35.3 Å². The predicted octanol–water partition coefficient (Wildman–Crippen LogP) is 4.19. The fourth-order valence-electron chi connectivity index (χ4n) is 2.19. The summed E-state index contributed by atoms with van der Waals surface area (Å²) >= 11 is 11.8. The maximum Gasteiger partial charge on any atom is 0.303 e. The second-order valence-electron chi connectivity index (χ2n) is 5.10. The minimum Gasteiger partial charge on any atom is -0.481 e. The van der Waals surface area contributed by atoms with Gasteiger partial charge in [-0.25, -0.2) is 12.8 Å². The topological polar surface area (TPSA) is 74.7 Å². The van der Waals surface area contributed by atoms with Crippen LogP contribution in [0, 0.1) is 5.82 Å². The van der Waals surface area contributed by atoms with Gasteiger partial charge in [-0.05, 0) is 36.8 Å². The lowest BCUT2D eigenvalue weighted by Gasteiger charge is -2.25. The van der Waals surface area contributed by atoms with Crippen LogP contribution in [-0.2, 0) is 14.8 Å². The summed E-state index contributed by atoms with van der Waals surface area (Å²) in [5.41, 5.74) is -0.191. The Bertz CT molecular complexity index is 889. The molecule has 0 heterocycles. The number of hydrogen-bond acceptors (Lipinski definition) is 3. The molecule has 0 radical (unpaired) electrons. The summed E-state index contributed by atoms with van der Waals surface area (Å²) in [6.07, 6.45) is -0.259. The molecule has 2 rings (SSSR count). The highest BCUT2D eigenvalue weighted by molar-refractivity contribution is 7.93. The van der Waals surface area contributed by atoms with E-state index in [1.807, 2.05) is 0 Å². The summed E-state index contributed by atoms with van der Waals surface area (Å²) in [6.45, 7) is -0.224. The number of para-hydroxylation sites is 1. The van der Waals surface area contributed by atoms with Crippen molar-refractivity contribution < 1.29 is 22.7 Å². The van der Waals surface area contributed by atoms with E-state index in [-0.39, 0.29) is 40.0 Å². The van der Waals surface area contributed by atoms with Crippen LogP contribution < -0.4 is 4.31 Å². The average molecular weight is 406 g/mol. The third kappa shape index (κ3) is 4.62. The van der Waals surface area contributed by atoms with E-state index in [4.69, 9.17) is 28.3 Å². The lowest BCUT2D eigenvalue weighted by atomic mass is 10.2. The van der Waals surface area contributed by atoms with E-state index in [0.717, 1.165) is 10.4 Å². The van der Waals surface area contributed by atoms with E-state index < -0.39 is 21.8 Å². The monoisotopic (exact) mass is 405 g/mol. The zero-order valence-corrected chi connectivity index (χ0v) is 15.2. The number of aliphatic carboxylic acids is 1. The van der Waals surface area contributed by atoms with E-state index in [1.54, 1.807) is 0 Å². The van der Waals surface area contributed by atoms with Crippen LogP contribution >= 0.6 is 23.2 Å². The normalized spacial score (nSPS) is 11.3. The zero-order chi connectivity index (χ0) is 18.6. The van der Waals surface area contributed by atoms with Crippen LogP contribution in [0.25, 0.3) is 0 Å². The molecular weight excluding hydrogens is 392 g/mol. The predicted molar refractivity (Wildman–Crippen MR) is 94.3 cm³/mol. The number of benzene rings is 2. The van der Waals surface area contributed by atoms with E-state index in [1.165, 1.54) is 36.4 Å². The van der Waals surface area contributed by atoms with Crippen LogP contribution in [0.15, 0.2) is 47.4 Å². The lowest BCUT2D eigenvalue weighted by molar-refractivity contribution is -0.137. The van der Waals surface area contributed by atoms with Crippen molar-refractivity contribution in [3.8, 4) is 0 Å². The van der Waals surface area contributed by atoms with Crippen molar-refractivity contribution in [1.82, 2.24) is 0 Å². The molecule has 0 aliphatic rings. The Balaban J connectivity index is 2.51. The molecule has 0 spiro atoms. The van der Waals surface area contributed by atoms with Gasteiger partial charge < -0.3 is 5.11 Å². The lowest BCUT2D eigenvalue weighted by Crippen LogP contribution is -2.33. The standard InChI is InChI=1S/C16H14Cl2FNO4S/c17-11-7-8-12(18)15(10-11)25(23,24)20(9-3-6-16(21)22)14-5-2-1-4-13(14)19/h1-2,4-5,7-8,10H,3,6,9H2,(H,21,22). The van der Waals surface area contributed by atoms with Crippen LogP contribution in [0.5, 0.6) is 0 Å². The van der Waals surface area contributed by atoms with Gasteiger partial charge in [-0.15, -0.1) is 0 Å². The average Bonchev–Trinajstić information content (AvgIpc) is 2.54. The van der Waals surface area contributed by atoms with E-state index in [9.17, 15) is 17.6 Å². The fraction of sp³-hybridized carbons (Fsp3) is 0.188. The number of carbonyl (C=O) groups is 1. The Labute approximate surface area is 154 Å². The third-order valence-corrected chi connectivity index (χ3v) is 5.86. The maximum absolute atomic E-state index is 14.2. The van der Waals surface area contributed by atoms with E-state index in [2.05, 4.69) is 0 Å². The first-order valence-corrected chi connectivity index (χ1v) is 9.37. The van der Waals surface area contributed by atoms with Gasteiger partial charge in [0, 0.05) is 18.0 Å². The summed E-state index contributed by atoms with van der Waals surface area (Å²) in [7, 11) is -4.24. The first kappa shape index (κ1) is 19.5. The second kappa shape index (κ2) is 8.03. The summed E-state index contributed by atoms with van der Waals surface area (Å²) < 4.78 is 41.0. The van der Waals surface area contributed by atoms with Crippen molar-refractivity contribution in [3.05, 3.63) is 58.3 Å². The highest BCUT2D eigenvalue weighted by Crippen LogP contribution is 2.32.